The maximum absolute atomic E-state index is 5.24. The van der Waals surface area contributed by atoms with Crippen LogP contribution in [0.4, 0.5) is 0 Å². The van der Waals surface area contributed by atoms with Crippen molar-refractivity contribution in [1.29, 1.82) is 0 Å². The lowest BCUT2D eigenvalue weighted by molar-refractivity contribution is 1.07. The maximum Gasteiger partial charge on any atom is 0.164 e. The van der Waals surface area contributed by atoms with Crippen LogP contribution in [0.2, 0.25) is 0 Å². The van der Waals surface area contributed by atoms with E-state index in [-0.39, 0.29) is 0 Å². The molecule has 0 bridgehead atoms. The second kappa shape index (κ2) is 14.7. The van der Waals surface area contributed by atoms with Gasteiger partial charge in [0, 0.05) is 49.6 Å². The molecule has 0 radical (unpaired) electrons. The quantitative estimate of drug-likeness (QED) is 0.162. The van der Waals surface area contributed by atoms with Crippen molar-refractivity contribution in [1.82, 2.24) is 24.1 Å². The molecule has 0 atom stereocenters. The molecule has 12 rings (SSSR count). The Morgan fingerprint density at radius 1 is 0.242 bits per heavy atom. The summed E-state index contributed by atoms with van der Waals surface area (Å²) in [6.45, 7) is 0. The van der Waals surface area contributed by atoms with Crippen LogP contribution in [0.25, 0.3) is 111 Å². The van der Waals surface area contributed by atoms with Crippen LogP contribution in [0, 0.1) is 0 Å². The molecule has 3 heterocycles. The average molecular weight is 792 g/mol. The average Bonchev–Trinajstić information content (AvgIpc) is 3.88. The van der Waals surface area contributed by atoms with Gasteiger partial charge in [0.15, 0.2) is 17.5 Å². The molecule has 0 unspecified atom stereocenters. The van der Waals surface area contributed by atoms with Gasteiger partial charge < -0.3 is 9.13 Å². The summed E-state index contributed by atoms with van der Waals surface area (Å²) in [5.74, 6) is 1.84. The number of aromatic nitrogens is 5. The largest absolute Gasteiger partial charge is 0.307 e. The van der Waals surface area contributed by atoms with Gasteiger partial charge in [-0.2, -0.15) is 0 Å². The van der Waals surface area contributed by atoms with Crippen molar-refractivity contribution in [2.24, 2.45) is 0 Å². The van der Waals surface area contributed by atoms with Crippen LogP contribution in [0.3, 0.4) is 0 Å². The van der Waals surface area contributed by atoms with Crippen LogP contribution in [0.15, 0.2) is 224 Å². The minimum Gasteiger partial charge on any atom is -0.307 e. The first-order chi connectivity index (χ1) is 30.7. The molecule has 0 aliphatic heterocycles. The molecule has 5 nitrogen and oxygen atoms in total. The first kappa shape index (κ1) is 35.5. The number of fused-ring (bicyclic) bond motifs is 7. The summed E-state index contributed by atoms with van der Waals surface area (Å²) in [5.41, 5.74) is 14.0. The molecule has 0 aliphatic rings. The molecule has 9 aromatic carbocycles. The van der Waals surface area contributed by atoms with Crippen LogP contribution in [0.1, 0.15) is 0 Å². The summed E-state index contributed by atoms with van der Waals surface area (Å²) in [6, 6.07) is 79.2. The van der Waals surface area contributed by atoms with Gasteiger partial charge in [0.1, 0.15) is 0 Å². The number of para-hydroxylation sites is 3. The first-order valence-electron chi connectivity index (χ1n) is 20.9. The van der Waals surface area contributed by atoms with Gasteiger partial charge in [-0.1, -0.05) is 182 Å². The Bertz CT molecular complexity index is 3610. The van der Waals surface area contributed by atoms with Crippen LogP contribution >= 0.6 is 0 Å². The fourth-order valence-corrected chi connectivity index (χ4v) is 9.07. The van der Waals surface area contributed by atoms with Crippen LogP contribution in [-0.4, -0.2) is 24.1 Å². The van der Waals surface area contributed by atoms with E-state index in [9.17, 15) is 0 Å². The van der Waals surface area contributed by atoms with E-state index >= 15 is 0 Å². The number of hydrogen-bond acceptors (Lipinski definition) is 3. The van der Waals surface area contributed by atoms with E-state index in [0.717, 1.165) is 61.4 Å². The summed E-state index contributed by atoms with van der Waals surface area (Å²) in [4.78, 5) is 15.6. The predicted molar refractivity (Wildman–Crippen MR) is 256 cm³/mol. The second-order valence-corrected chi connectivity index (χ2v) is 15.6. The summed E-state index contributed by atoms with van der Waals surface area (Å²) in [6.07, 6.45) is 0. The Morgan fingerprint density at radius 3 is 1.23 bits per heavy atom. The molecule has 12 aromatic rings. The van der Waals surface area contributed by atoms with Gasteiger partial charge in [0.2, 0.25) is 0 Å². The van der Waals surface area contributed by atoms with Crippen molar-refractivity contribution in [2.75, 3.05) is 0 Å². The fourth-order valence-electron chi connectivity index (χ4n) is 9.07. The third-order valence-electron chi connectivity index (χ3n) is 12.0. The second-order valence-electron chi connectivity index (χ2n) is 15.6. The third-order valence-corrected chi connectivity index (χ3v) is 12.0. The molecule has 290 valence electrons. The zero-order valence-corrected chi connectivity index (χ0v) is 33.6. The van der Waals surface area contributed by atoms with Gasteiger partial charge in [-0.25, -0.2) is 15.0 Å². The standard InChI is InChI=1S/C57H37N5/c1-4-16-38(17-5-1)40-30-32-41(33-31-40)55-58-56(43-21-14-20-42(36-43)39-18-6-2-7-19-39)60-57(59-55)44-22-15-25-46(37-44)62-52-29-13-11-27-48(52)50-35-34-49-47-26-10-12-28-51(47)61(53(49)54(50)62)45-23-8-3-9-24-45/h1-37H. The Balaban J connectivity index is 1.07. The lowest BCUT2D eigenvalue weighted by atomic mass is 10.0. The number of rotatable bonds is 7. The van der Waals surface area contributed by atoms with Crippen molar-refractivity contribution in [2.45, 2.75) is 0 Å². The molecule has 0 saturated heterocycles. The van der Waals surface area contributed by atoms with Gasteiger partial charge in [-0.05, 0) is 64.7 Å². The highest BCUT2D eigenvalue weighted by atomic mass is 15.1. The van der Waals surface area contributed by atoms with Crippen LogP contribution in [0.5, 0.6) is 0 Å². The van der Waals surface area contributed by atoms with Crippen molar-refractivity contribution in [3.63, 3.8) is 0 Å². The molecule has 0 amide bonds. The smallest absolute Gasteiger partial charge is 0.164 e. The van der Waals surface area contributed by atoms with Gasteiger partial charge in [-0.15, -0.1) is 0 Å². The Kier molecular flexibility index (Phi) is 8.42. The monoisotopic (exact) mass is 791 g/mol. The SMILES string of the molecule is c1ccc(-c2ccc(-c3nc(-c4cccc(-c5ccccc5)c4)nc(-c4cccc(-n5c6ccccc6c6ccc7c8ccccc8n(-c8ccccc8)c7c65)c4)n3)cc2)cc1. The first-order valence-corrected chi connectivity index (χ1v) is 20.9. The lowest BCUT2D eigenvalue weighted by Gasteiger charge is -2.14. The van der Waals surface area contributed by atoms with Gasteiger partial charge in [0.25, 0.3) is 0 Å². The molecular formula is C57H37N5. The molecular weight excluding hydrogens is 755 g/mol. The van der Waals surface area contributed by atoms with E-state index in [4.69, 9.17) is 15.0 Å². The van der Waals surface area contributed by atoms with Crippen LogP contribution in [-0.2, 0) is 0 Å². The summed E-state index contributed by atoms with van der Waals surface area (Å²) < 4.78 is 4.84. The van der Waals surface area contributed by atoms with Gasteiger partial charge in [-0.3, -0.25) is 0 Å². The van der Waals surface area contributed by atoms with E-state index in [1.54, 1.807) is 0 Å². The maximum atomic E-state index is 5.24. The van der Waals surface area contributed by atoms with Gasteiger partial charge >= 0.3 is 0 Å². The summed E-state index contributed by atoms with van der Waals surface area (Å²) in [5, 5.41) is 4.82. The van der Waals surface area contributed by atoms with E-state index < -0.39 is 0 Å². The van der Waals surface area contributed by atoms with Crippen molar-refractivity contribution < 1.29 is 0 Å². The third kappa shape index (κ3) is 5.98. The number of nitrogens with zero attached hydrogens (tertiary/aromatic N) is 5. The topological polar surface area (TPSA) is 48.5 Å². The van der Waals surface area contributed by atoms with Crippen molar-refractivity contribution in [3.05, 3.63) is 224 Å². The zero-order valence-electron chi connectivity index (χ0n) is 33.6. The van der Waals surface area contributed by atoms with Crippen LogP contribution < -0.4 is 0 Å². The Morgan fingerprint density at radius 2 is 0.629 bits per heavy atom. The van der Waals surface area contributed by atoms with Crippen molar-refractivity contribution >= 4 is 43.6 Å². The minimum atomic E-state index is 0.605. The van der Waals surface area contributed by atoms with Crippen molar-refractivity contribution in [3.8, 4) is 67.8 Å². The molecule has 3 aromatic heterocycles. The highest BCUT2D eigenvalue weighted by molar-refractivity contribution is 6.23. The Hall–Kier alpha value is -8.41. The minimum absolute atomic E-state index is 0.605. The molecule has 0 aliphatic carbocycles. The zero-order chi connectivity index (χ0) is 41.0. The van der Waals surface area contributed by atoms with E-state index in [1.807, 2.05) is 12.1 Å². The van der Waals surface area contributed by atoms with E-state index in [0.29, 0.717) is 17.5 Å². The normalized spacial score (nSPS) is 11.5. The van der Waals surface area contributed by atoms with E-state index in [1.165, 1.54) is 32.6 Å². The Labute approximate surface area is 358 Å². The lowest BCUT2D eigenvalue weighted by Crippen LogP contribution is -2.02. The molecule has 0 fully saturated rings. The predicted octanol–water partition coefficient (Wildman–Crippen LogP) is 14.4. The molecule has 5 heteroatoms. The fraction of sp³-hybridized carbons (Fsp3) is 0. The number of benzene rings is 9. The van der Waals surface area contributed by atoms with Gasteiger partial charge in [0.05, 0.1) is 22.1 Å². The molecule has 0 N–H and O–H groups in total. The molecule has 62 heavy (non-hydrogen) atoms. The highest BCUT2D eigenvalue weighted by Gasteiger charge is 2.22. The summed E-state index contributed by atoms with van der Waals surface area (Å²) in [7, 11) is 0. The highest BCUT2D eigenvalue weighted by Crippen LogP contribution is 2.42. The molecule has 0 spiro atoms. The molecule has 0 saturated carbocycles. The summed E-state index contributed by atoms with van der Waals surface area (Å²) >= 11 is 0. The van der Waals surface area contributed by atoms with E-state index in [2.05, 4.69) is 221 Å². The number of hydrogen-bond donors (Lipinski definition) is 0.